The van der Waals surface area contributed by atoms with Crippen LogP contribution in [0.2, 0.25) is 0 Å². The molecule has 4 nitrogen and oxygen atoms in total. The van der Waals surface area contributed by atoms with E-state index in [4.69, 9.17) is 0 Å². The average Bonchev–Trinajstić information content (AvgIpc) is 3.06. The Morgan fingerprint density at radius 3 is 2.71 bits per heavy atom. The lowest BCUT2D eigenvalue weighted by atomic mass is 9.99. The summed E-state index contributed by atoms with van der Waals surface area (Å²) in [5.41, 5.74) is 2.56. The van der Waals surface area contributed by atoms with Crippen molar-refractivity contribution in [3.05, 3.63) is 77.4 Å². The summed E-state index contributed by atoms with van der Waals surface area (Å²) in [6, 6.07) is 19.4. The van der Waals surface area contributed by atoms with Crippen LogP contribution in [-0.2, 0) is 0 Å². The van der Waals surface area contributed by atoms with E-state index in [-0.39, 0.29) is 6.04 Å². The number of benzene rings is 2. The predicted octanol–water partition coefficient (Wildman–Crippen LogP) is 4.03. The van der Waals surface area contributed by atoms with Crippen LogP contribution in [0.1, 0.15) is 41.3 Å². The zero-order valence-corrected chi connectivity index (χ0v) is 14.4. The topological polar surface area (TPSA) is 53.6 Å². The second-order valence-corrected chi connectivity index (χ2v) is 7.15. The standard InChI is InChI=1S/C19H20N4S/c1-13-20-19(23-22-13)18(14-7-3-2-4-8-14)21-16-11-12-24-17-10-6-5-9-15(16)17/h2-10,16,18,21H,11-12H2,1H3,(H,20,22,23)/t16-,18+/m1/s1. The molecule has 2 N–H and O–H groups in total. The molecule has 0 amide bonds. The van der Waals surface area contributed by atoms with Gasteiger partial charge in [0.2, 0.25) is 0 Å². The van der Waals surface area contributed by atoms with Crippen molar-refractivity contribution >= 4 is 11.8 Å². The van der Waals surface area contributed by atoms with Crippen LogP contribution in [0.4, 0.5) is 0 Å². The molecule has 4 rings (SSSR count). The zero-order chi connectivity index (χ0) is 16.4. The van der Waals surface area contributed by atoms with E-state index in [0.717, 1.165) is 23.8 Å². The highest BCUT2D eigenvalue weighted by atomic mass is 32.2. The number of H-pyrrole nitrogens is 1. The Morgan fingerprint density at radius 2 is 1.92 bits per heavy atom. The van der Waals surface area contributed by atoms with Gasteiger partial charge in [0.15, 0.2) is 5.82 Å². The van der Waals surface area contributed by atoms with Gasteiger partial charge in [0.25, 0.3) is 0 Å². The molecule has 0 fully saturated rings. The lowest BCUT2D eigenvalue weighted by Crippen LogP contribution is -2.30. The third kappa shape index (κ3) is 3.09. The van der Waals surface area contributed by atoms with Gasteiger partial charge in [0.05, 0.1) is 6.04 Å². The van der Waals surface area contributed by atoms with E-state index >= 15 is 0 Å². The zero-order valence-electron chi connectivity index (χ0n) is 13.6. The Morgan fingerprint density at radius 1 is 1.12 bits per heavy atom. The SMILES string of the molecule is Cc1nc([C@@H](N[C@@H]2CCSc3ccccc32)c2ccccc2)n[nH]1. The number of hydrogen-bond acceptors (Lipinski definition) is 4. The quantitative estimate of drug-likeness (QED) is 0.755. The van der Waals surface area contributed by atoms with Crippen LogP contribution in [0.25, 0.3) is 0 Å². The smallest absolute Gasteiger partial charge is 0.172 e. The molecule has 0 radical (unpaired) electrons. The molecule has 1 aliphatic rings. The molecule has 1 aromatic heterocycles. The molecule has 0 aliphatic carbocycles. The lowest BCUT2D eigenvalue weighted by Gasteiger charge is -2.29. The van der Waals surface area contributed by atoms with E-state index < -0.39 is 0 Å². The number of aromatic amines is 1. The lowest BCUT2D eigenvalue weighted by molar-refractivity contribution is 0.455. The molecule has 5 heteroatoms. The maximum atomic E-state index is 4.57. The van der Waals surface area contributed by atoms with Gasteiger partial charge in [-0.1, -0.05) is 48.5 Å². The Hall–Kier alpha value is -2.11. The second-order valence-electron chi connectivity index (χ2n) is 6.02. The first kappa shape index (κ1) is 15.4. The molecule has 2 aromatic carbocycles. The maximum absolute atomic E-state index is 4.57. The van der Waals surface area contributed by atoms with Gasteiger partial charge >= 0.3 is 0 Å². The first-order chi connectivity index (χ1) is 11.8. The van der Waals surface area contributed by atoms with Gasteiger partial charge in [0.1, 0.15) is 5.82 Å². The molecule has 2 atom stereocenters. The van der Waals surface area contributed by atoms with Gasteiger partial charge in [-0.15, -0.1) is 11.8 Å². The van der Waals surface area contributed by atoms with Crippen molar-refractivity contribution in [1.82, 2.24) is 20.5 Å². The Bertz CT molecular complexity index is 815. The Kier molecular flexibility index (Phi) is 4.36. The maximum Gasteiger partial charge on any atom is 0.172 e. The fourth-order valence-corrected chi connectivity index (χ4v) is 4.30. The Balaban J connectivity index is 1.68. The summed E-state index contributed by atoms with van der Waals surface area (Å²) in [6.07, 6.45) is 1.11. The average molecular weight is 336 g/mol. The number of aromatic nitrogens is 3. The highest BCUT2D eigenvalue weighted by molar-refractivity contribution is 7.99. The molecule has 2 heterocycles. The van der Waals surface area contributed by atoms with E-state index in [9.17, 15) is 0 Å². The highest BCUT2D eigenvalue weighted by Gasteiger charge is 2.26. The van der Waals surface area contributed by atoms with Gasteiger partial charge < -0.3 is 0 Å². The second kappa shape index (κ2) is 6.79. The summed E-state index contributed by atoms with van der Waals surface area (Å²) in [6.45, 7) is 1.94. The van der Waals surface area contributed by atoms with Gasteiger partial charge in [-0.3, -0.25) is 10.4 Å². The summed E-state index contributed by atoms with van der Waals surface area (Å²) in [5, 5.41) is 11.2. The number of rotatable bonds is 4. The summed E-state index contributed by atoms with van der Waals surface area (Å²) in [4.78, 5) is 5.95. The van der Waals surface area contributed by atoms with Crippen LogP contribution in [-0.4, -0.2) is 20.9 Å². The number of fused-ring (bicyclic) bond motifs is 1. The van der Waals surface area contributed by atoms with Gasteiger partial charge in [0, 0.05) is 10.9 Å². The monoisotopic (exact) mass is 336 g/mol. The van der Waals surface area contributed by atoms with Crippen LogP contribution in [0.5, 0.6) is 0 Å². The molecule has 3 aromatic rings. The molecule has 0 spiro atoms. The molecular weight excluding hydrogens is 316 g/mol. The van der Waals surface area contributed by atoms with Crippen molar-refractivity contribution < 1.29 is 0 Å². The van der Waals surface area contributed by atoms with Gasteiger partial charge in [-0.2, -0.15) is 5.10 Å². The molecular formula is C19H20N4S. The molecule has 0 saturated heterocycles. The first-order valence-electron chi connectivity index (χ1n) is 8.23. The van der Waals surface area contributed by atoms with Crippen molar-refractivity contribution in [2.75, 3.05) is 5.75 Å². The number of hydrogen-bond donors (Lipinski definition) is 2. The van der Waals surface area contributed by atoms with Crippen LogP contribution < -0.4 is 5.32 Å². The number of thioether (sulfide) groups is 1. The normalized spacial score (nSPS) is 18.1. The van der Waals surface area contributed by atoms with Crippen LogP contribution in [0.15, 0.2) is 59.5 Å². The van der Waals surface area contributed by atoms with Crippen molar-refractivity contribution in [2.24, 2.45) is 0 Å². The fourth-order valence-electron chi connectivity index (χ4n) is 3.17. The molecule has 1 aliphatic heterocycles. The summed E-state index contributed by atoms with van der Waals surface area (Å²) in [5.74, 6) is 2.77. The molecule has 24 heavy (non-hydrogen) atoms. The van der Waals surface area contributed by atoms with E-state index in [0.29, 0.717) is 6.04 Å². The van der Waals surface area contributed by atoms with E-state index in [2.05, 4.69) is 69.0 Å². The molecule has 0 bridgehead atoms. The van der Waals surface area contributed by atoms with E-state index in [1.165, 1.54) is 16.0 Å². The van der Waals surface area contributed by atoms with Crippen molar-refractivity contribution in [1.29, 1.82) is 0 Å². The van der Waals surface area contributed by atoms with Crippen molar-refractivity contribution in [3.8, 4) is 0 Å². The molecule has 122 valence electrons. The van der Waals surface area contributed by atoms with Gasteiger partial charge in [-0.25, -0.2) is 4.98 Å². The van der Waals surface area contributed by atoms with Crippen LogP contribution in [0, 0.1) is 6.92 Å². The largest absolute Gasteiger partial charge is 0.297 e. The summed E-state index contributed by atoms with van der Waals surface area (Å²) in [7, 11) is 0. The van der Waals surface area contributed by atoms with Gasteiger partial charge in [-0.05, 0) is 36.3 Å². The number of nitrogens with one attached hydrogen (secondary N) is 2. The molecule has 0 unspecified atom stereocenters. The number of aryl methyl sites for hydroxylation is 1. The third-order valence-corrected chi connectivity index (χ3v) is 5.45. The third-order valence-electron chi connectivity index (χ3n) is 4.33. The highest BCUT2D eigenvalue weighted by Crippen LogP contribution is 2.37. The summed E-state index contributed by atoms with van der Waals surface area (Å²) < 4.78 is 0. The minimum atomic E-state index is -0.0164. The van der Waals surface area contributed by atoms with E-state index in [1.54, 1.807) is 0 Å². The first-order valence-corrected chi connectivity index (χ1v) is 9.21. The molecule has 0 saturated carbocycles. The Labute approximate surface area is 146 Å². The minimum absolute atomic E-state index is 0.0164. The van der Waals surface area contributed by atoms with E-state index in [1.807, 2.05) is 24.8 Å². The van der Waals surface area contributed by atoms with Crippen LogP contribution in [0.3, 0.4) is 0 Å². The van der Waals surface area contributed by atoms with Crippen molar-refractivity contribution in [2.45, 2.75) is 30.3 Å². The summed E-state index contributed by atoms with van der Waals surface area (Å²) >= 11 is 1.94. The minimum Gasteiger partial charge on any atom is -0.297 e. The fraction of sp³-hybridized carbons (Fsp3) is 0.263. The van der Waals surface area contributed by atoms with Crippen molar-refractivity contribution in [3.63, 3.8) is 0 Å². The predicted molar refractivity (Wildman–Crippen MR) is 97.1 cm³/mol. The van der Waals surface area contributed by atoms with Crippen LogP contribution >= 0.6 is 11.8 Å². The number of nitrogens with zero attached hydrogens (tertiary/aromatic N) is 2.